The fraction of sp³-hybridized carbons (Fsp3) is 0.545. The second-order valence-corrected chi connectivity index (χ2v) is 4.39. The lowest BCUT2D eigenvalue weighted by molar-refractivity contribution is -0.132. The number of nitrogens with one attached hydrogen (secondary N) is 2. The van der Waals surface area contributed by atoms with Gasteiger partial charge in [0.25, 0.3) is 5.91 Å². The van der Waals surface area contributed by atoms with E-state index in [-0.39, 0.29) is 5.91 Å². The van der Waals surface area contributed by atoms with E-state index in [4.69, 9.17) is 16.3 Å². The molecule has 2 heterocycles. The first-order valence-corrected chi connectivity index (χ1v) is 6.31. The number of hydrogen-bond donors (Lipinski definition) is 2. The average molecular weight is 286 g/mol. The Balaban J connectivity index is 2.22. The molecular weight excluding hydrogens is 270 g/mol. The van der Waals surface area contributed by atoms with E-state index in [9.17, 15) is 4.79 Å². The Kier molecular flexibility index (Phi) is 4.39. The van der Waals surface area contributed by atoms with Gasteiger partial charge in [-0.3, -0.25) is 4.79 Å². The SMILES string of the molecule is CNC(=O)C1CN(c2ncnc(Cl)c2NC)CCO1. The summed E-state index contributed by atoms with van der Waals surface area (Å²) in [7, 11) is 3.34. The molecule has 1 saturated heterocycles. The first kappa shape index (κ1) is 13.8. The van der Waals surface area contributed by atoms with Crippen molar-refractivity contribution in [1.82, 2.24) is 15.3 Å². The molecule has 1 aromatic heterocycles. The van der Waals surface area contributed by atoms with Gasteiger partial charge in [-0.2, -0.15) is 0 Å². The summed E-state index contributed by atoms with van der Waals surface area (Å²) in [6, 6.07) is 0. The van der Waals surface area contributed by atoms with Gasteiger partial charge in [0.15, 0.2) is 17.1 Å². The third-order valence-corrected chi connectivity index (χ3v) is 3.22. The number of rotatable bonds is 3. The van der Waals surface area contributed by atoms with Crippen molar-refractivity contribution in [1.29, 1.82) is 0 Å². The van der Waals surface area contributed by atoms with Crippen LogP contribution in [0.3, 0.4) is 0 Å². The number of likely N-dealkylation sites (N-methyl/N-ethyl adjacent to an activating group) is 1. The van der Waals surface area contributed by atoms with Crippen molar-refractivity contribution in [2.75, 3.05) is 44.0 Å². The molecule has 0 spiro atoms. The Labute approximate surface area is 116 Å². The van der Waals surface area contributed by atoms with E-state index >= 15 is 0 Å². The molecule has 2 N–H and O–H groups in total. The molecule has 8 heteroatoms. The van der Waals surface area contributed by atoms with E-state index in [1.807, 2.05) is 4.90 Å². The first-order chi connectivity index (χ1) is 9.17. The molecule has 0 aromatic carbocycles. The van der Waals surface area contributed by atoms with Crippen molar-refractivity contribution in [2.24, 2.45) is 0 Å². The molecule has 1 aliphatic heterocycles. The van der Waals surface area contributed by atoms with Crippen LogP contribution in [0, 0.1) is 0 Å². The summed E-state index contributed by atoms with van der Waals surface area (Å²) in [4.78, 5) is 21.8. The molecule has 1 atom stereocenters. The van der Waals surface area contributed by atoms with Crippen molar-refractivity contribution in [3.8, 4) is 0 Å². The highest BCUT2D eigenvalue weighted by Gasteiger charge is 2.28. The quantitative estimate of drug-likeness (QED) is 0.768. The van der Waals surface area contributed by atoms with E-state index < -0.39 is 6.10 Å². The number of amides is 1. The number of halogens is 1. The van der Waals surface area contributed by atoms with Crippen LogP contribution < -0.4 is 15.5 Å². The number of nitrogens with zero attached hydrogens (tertiary/aromatic N) is 3. The first-order valence-electron chi connectivity index (χ1n) is 5.93. The predicted octanol–water partition coefficient (Wildman–Crippen LogP) is 0.123. The number of hydrogen-bond acceptors (Lipinski definition) is 6. The van der Waals surface area contributed by atoms with Gasteiger partial charge >= 0.3 is 0 Å². The third kappa shape index (κ3) is 2.87. The van der Waals surface area contributed by atoms with Crippen molar-refractivity contribution in [3.05, 3.63) is 11.5 Å². The minimum absolute atomic E-state index is 0.143. The number of morpholine rings is 1. The summed E-state index contributed by atoms with van der Waals surface area (Å²) in [5.41, 5.74) is 0.654. The summed E-state index contributed by atoms with van der Waals surface area (Å²) in [6.45, 7) is 1.54. The molecule has 7 nitrogen and oxygen atoms in total. The monoisotopic (exact) mass is 285 g/mol. The topological polar surface area (TPSA) is 79.4 Å². The highest BCUT2D eigenvalue weighted by molar-refractivity contribution is 6.32. The third-order valence-electron chi connectivity index (χ3n) is 2.94. The lowest BCUT2D eigenvalue weighted by atomic mass is 10.2. The van der Waals surface area contributed by atoms with Crippen molar-refractivity contribution >= 4 is 29.0 Å². The lowest BCUT2D eigenvalue weighted by Gasteiger charge is -2.33. The van der Waals surface area contributed by atoms with E-state index in [0.29, 0.717) is 36.4 Å². The molecule has 2 rings (SSSR count). The summed E-state index contributed by atoms with van der Waals surface area (Å²) in [6.07, 6.45) is 0.903. The van der Waals surface area contributed by atoms with Crippen LogP contribution in [0.25, 0.3) is 0 Å². The largest absolute Gasteiger partial charge is 0.383 e. The van der Waals surface area contributed by atoms with Gasteiger partial charge in [-0.05, 0) is 0 Å². The summed E-state index contributed by atoms with van der Waals surface area (Å²) in [5, 5.41) is 5.92. The zero-order valence-corrected chi connectivity index (χ0v) is 11.6. The van der Waals surface area contributed by atoms with Gasteiger partial charge in [-0.25, -0.2) is 9.97 Å². The molecule has 0 radical (unpaired) electrons. The van der Waals surface area contributed by atoms with Crippen LogP contribution in [-0.4, -0.2) is 55.8 Å². The maximum atomic E-state index is 11.6. The van der Waals surface area contributed by atoms with Gasteiger partial charge in [0, 0.05) is 20.6 Å². The molecule has 19 heavy (non-hydrogen) atoms. The number of aromatic nitrogens is 2. The van der Waals surface area contributed by atoms with Crippen LogP contribution in [-0.2, 0) is 9.53 Å². The van der Waals surface area contributed by atoms with Crippen LogP contribution >= 0.6 is 11.6 Å². The average Bonchev–Trinajstić information content (AvgIpc) is 2.46. The molecule has 0 bridgehead atoms. The van der Waals surface area contributed by atoms with Crippen molar-refractivity contribution < 1.29 is 9.53 Å². The van der Waals surface area contributed by atoms with Crippen LogP contribution in [0.5, 0.6) is 0 Å². The van der Waals surface area contributed by atoms with Crippen molar-refractivity contribution in [3.63, 3.8) is 0 Å². The standard InChI is InChI=1S/C11H16ClN5O2/c1-13-8-9(12)15-6-16-10(8)17-3-4-19-7(5-17)11(18)14-2/h6-7,13H,3-5H2,1-2H3,(H,14,18). The Bertz CT molecular complexity index is 470. The molecule has 1 aliphatic rings. The van der Waals surface area contributed by atoms with E-state index in [1.165, 1.54) is 6.33 Å². The Morgan fingerprint density at radius 1 is 1.53 bits per heavy atom. The van der Waals surface area contributed by atoms with Gasteiger partial charge in [0.1, 0.15) is 12.0 Å². The minimum atomic E-state index is -0.503. The van der Waals surface area contributed by atoms with E-state index in [0.717, 1.165) is 0 Å². The van der Waals surface area contributed by atoms with Gasteiger partial charge < -0.3 is 20.3 Å². The maximum absolute atomic E-state index is 11.6. The van der Waals surface area contributed by atoms with E-state index in [2.05, 4.69) is 20.6 Å². The number of carbonyl (C=O) groups excluding carboxylic acids is 1. The molecule has 1 fully saturated rings. The van der Waals surface area contributed by atoms with Crippen LogP contribution in [0.4, 0.5) is 11.5 Å². The minimum Gasteiger partial charge on any atom is -0.383 e. The van der Waals surface area contributed by atoms with E-state index in [1.54, 1.807) is 14.1 Å². The molecule has 1 aromatic rings. The van der Waals surface area contributed by atoms with Crippen LogP contribution in [0.2, 0.25) is 5.15 Å². The molecule has 104 valence electrons. The summed E-state index contributed by atoms with van der Waals surface area (Å²) < 4.78 is 5.44. The smallest absolute Gasteiger partial charge is 0.250 e. The zero-order valence-electron chi connectivity index (χ0n) is 10.8. The van der Waals surface area contributed by atoms with Crippen LogP contribution in [0.15, 0.2) is 6.33 Å². The second-order valence-electron chi connectivity index (χ2n) is 4.03. The molecular formula is C11H16ClN5O2. The maximum Gasteiger partial charge on any atom is 0.250 e. The number of anilines is 2. The summed E-state index contributed by atoms with van der Waals surface area (Å²) >= 11 is 6.02. The van der Waals surface area contributed by atoms with Crippen molar-refractivity contribution in [2.45, 2.75) is 6.10 Å². The fourth-order valence-corrected chi connectivity index (χ4v) is 2.19. The number of ether oxygens (including phenoxy) is 1. The van der Waals surface area contributed by atoms with Gasteiger partial charge in [-0.1, -0.05) is 11.6 Å². The Morgan fingerprint density at radius 3 is 3.00 bits per heavy atom. The molecule has 0 aliphatic carbocycles. The lowest BCUT2D eigenvalue weighted by Crippen LogP contribution is -2.49. The van der Waals surface area contributed by atoms with Gasteiger partial charge in [0.2, 0.25) is 0 Å². The fourth-order valence-electron chi connectivity index (χ4n) is 1.97. The predicted molar refractivity (Wildman–Crippen MR) is 72.6 cm³/mol. The molecule has 1 unspecified atom stereocenters. The molecule has 1 amide bonds. The second kappa shape index (κ2) is 6.03. The summed E-state index contributed by atoms with van der Waals surface area (Å²) in [5.74, 6) is 0.538. The zero-order chi connectivity index (χ0) is 13.8. The van der Waals surface area contributed by atoms with Gasteiger partial charge in [-0.15, -0.1) is 0 Å². The molecule has 0 saturated carbocycles. The highest BCUT2D eigenvalue weighted by atomic mass is 35.5. The Morgan fingerprint density at radius 2 is 2.32 bits per heavy atom. The number of carbonyl (C=O) groups is 1. The van der Waals surface area contributed by atoms with Gasteiger partial charge in [0.05, 0.1) is 13.2 Å². The highest BCUT2D eigenvalue weighted by Crippen LogP contribution is 2.29. The van der Waals surface area contributed by atoms with Crippen LogP contribution in [0.1, 0.15) is 0 Å². The normalized spacial score (nSPS) is 19.1. The Hall–Kier alpha value is -1.60.